The summed E-state index contributed by atoms with van der Waals surface area (Å²) in [4.78, 5) is 36.4. The van der Waals surface area contributed by atoms with Crippen molar-refractivity contribution in [1.82, 2.24) is 9.80 Å². The first kappa shape index (κ1) is 24.4. The van der Waals surface area contributed by atoms with Gasteiger partial charge in [-0.15, -0.1) is 0 Å². The van der Waals surface area contributed by atoms with E-state index in [0.717, 1.165) is 32.1 Å². The Morgan fingerprint density at radius 2 is 1.92 bits per heavy atom. The van der Waals surface area contributed by atoms with Gasteiger partial charge in [0.05, 0.1) is 6.04 Å². The van der Waals surface area contributed by atoms with Crippen LogP contribution in [0.4, 0.5) is 4.79 Å². The molecule has 1 rings (SSSR count). The van der Waals surface area contributed by atoms with Crippen LogP contribution in [-0.2, 0) is 14.3 Å². The SMILES string of the molecule is CC(C)(C)OC(=O)N1CCCC1C=O.CCN(C)C(CC(C)C)C(=O)O. The van der Waals surface area contributed by atoms with E-state index in [1.54, 1.807) is 0 Å². The van der Waals surface area contributed by atoms with Crippen LogP contribution < -0.4 is 0 Å². The van der Waals surface area contributed by atoms with Gasteiger partial charge in [-0.05, 0) is 59.5 Å². The lowest BCUT2D eigenvalue weighted by Crippen LogP contribution is -2.40. The maximum absolute atomic E-state index is 11.6. The van der Waals surface area contributed by atoms with Crippen molar-refractivity contribution < 1.29 is 24.2 Å². The van der Waals surface area contributed by atoms with Gasteiger partial charge in [-0.1, -0.05) is 20.8 Å². The smallest absolute Gasteiger partial charge is 0.410 e. The number of aldehydes is 1. The fourth-order valence-corrected chi connectivity index (χ4v) is 2.62. The minimum absolute atomic E-state index is 0.287. The van der Waals surface area contributed by atoms with Crippen LogP contribution in [0.15, 0.2) is 0 Å². The molecule has 0 spiro atoms. The zero-order valence-electron chi connectivity index (χ0n) is 17.3. The van der Waals surface area contributed by atoms with Gasteiger partial charge in [-0.3, -0.25) is 14.6 Å². The minimum atomic E-state index is -0.715. The number of carbonyl (C=O) groups excluding carboxylic acids is 2. The number of rotatable bonds is 6. The molecule has 1 N–H and O–H groups in total. The van der Waals surface area contributed by atoms with Gasteiger partial charge in [0.25, 0.3) is 0 Å². The molecule has 2 unspecified atom stereocenters. The number of likely N-dealkylation sites (tertiary alicyclic amines) is 1. The molecule has 7 nitrogen and oxygen atoms in total. The van der Waals surface area contributed by atoms with Crippen molar-refractivity contribution in [1.29, 1.82) is 0 Å². The molecule has 1 saturated heterocycles. The van der Waals surface area contributed by atoms with Crippen molar-refractivity contribution >= 4 is 18.3 Å². The number of ether oxygens (including phenoxy) is 1. The van der Waals surface area contributed by atoms with E-state index in [9.17, 15) is 14.4 Å². The molecule has 0 aromatic heterocycles. The highest BCUT2D eigenvalue weighted by Gasteiger charge is 2.31. The largest absolute Gasteiger partial charge is 0.480 e. The second-order valence-corrected chi connectivity index (χ2v) is 8.08. The van der Waals surface area contributed by atoms with Crippen molar-refractivity contribution in [2.45, 2.75) is 78.5 Å². The number of aliphatic carboxylic acids is 1. The number of likely N-dealkylation sites (N-methyl/N-ethyl adjacent to an activating group) is 1. The van der Waals surface area contributed by atoms with Crippen LogP contribution >= 0.6 is 0 Å². The third kappa shape index (κ3) is 9.17. The predicted molar refractivity (Wildman–Crippen MR) is 101 cm³/mol. The summed E-state index contributed by atoms with van der Waals surface area (Å²) in [6.45, 7) is 12.9. The molecule has 1 aliphatic rings. The molecule has 152 valence electrons. The first-order valence-corrected chi connectivity index (χ1v) is 9.30. The highest BCUT2D eigenvalue weighted by Crippen LogP contribution is 2.19. The number of amides is 1. The van der Waals surface area contributed by atoms with Crippen LogP contribution in [0.1, 0.15) is 60.8 Å². The van der Waals surface area contributed by atoms with Gasteiger partial charge in [-0.25, -0.2) is 4.79 Å². The lowest BCUT2D eigenvalue weighted by Gasteiger charge is -2.26. The molecule has 0 radical (unpaired) electrons. The molecule has 0 bridgehead atoms. The summed E-state index contributed by atoms with van der Waals surface area (Å²) < 4.78 is 5.18. The van der Waals surface area contributed by atoms with E-state index in [4.69, 9.17) is 9.84 Å². The molecular weight excluding hydrogens is 336 g/mol. The summed E-state index contributed by atoms with van der Waals surface area (Å²) in [6, 6.07) is -0.611. The third-order valence-electron chi connectivity index (χ3n) is 4.09. The summed E-state index contributed by atoms with van der Waals surface area (Å²) in [7, 11) is 1.85. The molecular formula is C19H36N2O5. The molecule has 0 saturated carbocycles. The Morgan fingerprint density at radius 3 is 2.31 bits per heavy atom. The standard InChI is InChI=1S/C10H17NO3.C9H19NO2/c1-10(2,3)14-9(13)11-6-4-5-8(11)7-12;1-5-10(4)8(9(11)12)6-7(2)3/h7-8H,4-6H2,1-3H3;7-8H,5-6H2,1-4H3,(H,11,12). The number of hydrogen-bond donors (Lipinski definition) is 1. The molecule has 2 atom stereocenters. The summed E-state index contributed by atoms with van der Waals surface area (Å²) >= 11 is 0. The van der Waals surface area contributed by atoms with Gasteiger partial charge < -0.3 is 14.6 Å². The predicted octanol–water partition coefficient (Wildman–Crippen LogP) is 3.02. The van der Waals surface area contributed by atoms with E-state index >= 15 is 0 Å². The Balaban J connectivity index is 0.000000488. The fraction of sp³-hybridized carbons (Fsp3) is 0.842. The van der Waals surface area contributed by atoms with E-state index in [2.05, 4.69) is 0 Å². The molecule has 0 aliphatic carbocycles. The van der Waals surface area contributed by atoms with Crippen LogP contribution in [0.2, 0.25) is 0 Å². The zero-order valence-corrected chi connectivity index (χ0v) is 17.3. The lowest BCUT2D eigenvalue weighted by molar-refractivity contribution is -0.143. The van der Waals surface area contributed by atoms with Crippen molar-refractivity contribution in [3.63, 3.8) is 0 Å². The number of carbonyl (C=O) groups is 3. The van der Waals surface area contributed by atoms with Crippen molar-refractivity contribution in [2.75, 3.05) is 20.1 Å². The van der Waals surface area contributed by atoms with E-state index in [-0.39, 0.29) is 18.2 Å². The Morgan fingerprint density at radius 1 is 1.35 bits per heavy atom. The molecule has 26 heavy (non-hydrogen) atoms. The van der Waals surface area contributed by atoms with Gasteiger partial charge in [0.2, 0.25) is 0 Å². The molecule has 1 aliphatic heterocycles. The number of carboxylic acid groups (broad SMARTS) is 1. The van der Waals surface area contributed by atoms with Crippen LogP contribution in [-0.4, -0.2) is 71.1 Å². The summed E-state index contributed by atoms with van der Waals surface area (Å²) in [5.74, 6) is -0.284. The maximum Gasteiger partial charge on any atom is 0.410 e. The first-order chi connectivity index (χ1) is 11.9. The Kier molecular flexibility index (Phi) is 10.5. The van der Waals surface area contributed by atoms with Crippen LogP contribution in [0.3, 0.4) is 0 Å². The third-order valence-corrected chi connectivity index (χ3v) is 4.09. The van der Waals surface area contributed by atoms with Gasteiger partial charge in [0, 0.05) is 6.54 Å². The Labute approximate surface area is 157 Å². The fourth-order valence-electron chi connectivity index (χ4n) is 2.62. The summed E-state index contributed by atoms with van der Waals surface area (Å²) in [6.07, 6.45) is 2.79. The average molecular weight is 373 g/mol. The second kappa shape index (κ2) is 11.2. The van der Waals surface area contributed by atoms with Gasteiger partial charge in [0.1, 0.15) is 17.9 Å². The summed E-state index contributed by atoms with van der Waals surface area (Å²) in [5, 5.41) is 8.88. The van der Waals surface area contributed by atoms with Gasteiger partial charge in [-0.2, -0.15) is 0 Å². The van der Waals surface area contributed by atoms with Crippen LogP contribution in [0.5, 0.6) is 0 Å². The number of carboxylic acids is 1. The van der Waals surface area contributed by atoms with Crippen molar-refractivity contribution in [3.05, 3.63) is 0 Å². The molecule has 1 heterocycles. The highest BCUT2D eigenvalue weighted by atomic mass is 16.6. The number of hydrogen-bond acceptors (Lipinski definition) is 5. The van der Waals surface area contributed by atoms with E-state index in [1.807, 2.05) is 53.5 Å². The Bertz CT molecular complexity index is 459. The van der Waals surface area contributed by atoms with Gasteiger partial charge in [0.15, 0.2) is 0 Å². The Hall–Kier alpha value is -1.63. The molecule has 1 fully saturated rings. The molecule has 0 aromatic carbocycles. The highest BCUT2D eigenvalue weighted by molar-refractivity contribution is 5.74. The first-order valence-electron chi connectivity index (χ1n) is 9.30. The molecule has 7 heteroatoms. The number of nitrogens with zero attached hydrogens (tertiary/aromatic N) is 2. The van der Waals surface area contributed by atoms with E-state index < -0.39 is 11.6 Å². The van der Waals surface area contributed by atoms with Crippen molar-refractivity contribution in [3.8, 4) is 0 Å². The maximum atomic E-state index is 11.6. The zero-order chi connectivity index (χ0) is 20.5. The summed E-state index contributed by atoms with van der Waals surface area (Å²) in [5.41, 5.74) is -0.493. The van der Waals surface area contributed by atoms with Crippen molar-refractivity contribution in [2.24, 2.45) is 5.92 Å². The van der Waals surface area contributed by atoms with Crippen LogP contribution in [0, 0.1) is 5.92 Å². The second-order valence-electron chi connectivity index (χ2n) is 8.08. The molecule has 0 aromatic rings. The molecule has 1 amide bonds. The minimum Gasteiger partial charge on any atom is -0.480 e. The van der Waals surface area contributed by atoms with Gasteiger partial charge >= 0.3 is 12.1 Å². The van der Waals surface area contributed by atoms with E-state index in [1.165, 1.54) is 4.90 Å². The normalized spacial score (nSPS) is 18.3. The van der Waals surface area contributed by atoms with Crippen LogP contribution in [0.25, 0.3) is 0 Å². The monoisotopic (exact) mass is 372 g/mol. The average Bonchev–Trinajstić information content (AvgIpc) is 2.99. The topological polar surface area (TPSA) is 87.2 Å². The quantitative estimate of drug-likeness (QED) is 0.721. The van der Waals surface area contributed by atoms with E-state index in [0.29, 0.717) is 12.5 Å². The lowest BCUT2D eigenvalue weighted by atomic mass is 10.0.